The van der Waals surface area contributed by atoms with Gasteiger partial charge in [-0.25, -0.2) is 8.78 Å². The van der Waals surface area contributed by atoms with E-state index in [0.717, 1.165) is 6.20 Å². The second-order valence-corrected chi connectivity index (χ2v) is 9.85. The average molecular weight is 559 g/mol. The zero-order chi connectivity index (χ0) is 29.2. The molecule has 3 aromatic heterocycles. The number of aromatic nitrogens is 3. The van der Waals surface area contributed by atoms with E-state index in [4.69, 9.17) is 16.3 Å². The van der Waals surface area contributed by atoms with Crippen LogP contribution in [0.3, 0.4) is 0 Å². The Morgan fingerprint density at radius 1 is 1.26 bits per heavy atom. The summed E-state index contributed by atoms with van der Waals surface area (Å²) in [6.07, 6.45) is 3.90. The summed E-state index contributed by atoms with van der Waals surface area (Å²) in [6.45, 7) is 11.7. The van der Waals surface area contributed by atoms with E-state index in [0.29, 0.717) is 28.6 Å². The summed E-state index contributed by atoms with van der Waals surface area (Å²) in [4.78, 5) is 34.6. The van der Waals surface area contributed by atoms with Gasteiger partial charge in [0, 0.05) is 37.1 Å². The first-order valence-electron chi connectivity index (χ1n) is 11.8. The molecule has 0 saturated carbocycles. The summed E-state index contributed by atoms with van der Waals surface area (Å²) in [5.74, 6) is -1.56. The molecule has 0 bridgehead atoms. The van der Waals surface area contributed by atoms with Crippen LogP contribution in [0.2, 0.25) is 5.02 Å². The van der Waals surface area contributed by atoms with Gasteiger partial charge in [-0.05, 0) is 51.8 Å². The zero-order valence-corrected chi connectivity index (χ0v) is 23.2. The molecule has 0 aromatic carbocycles. The largest absolute Gasteiger partial charge is 0.485 e. The highest BCUT2D eigenvalue weighted by Crippen LogP contribution is 2.26. The number of aliphatic hydroxyl groups is 1. The Morgan fingerprint density at radius 2 is 1.92 bits per heavy atom. The van der Waals surface area contributed by atoms with Gasteiger partial charge in [0.1, 0.15) is 34.7 Å². The molecule has 3 heterocycles. The third-order valence-corrected chi connectivity index (χ3v) is 6.23. The fourth-order valence-electron chi connectivity index (χ4n) is 4.07. The van der Waals surface area contributed by atoms with Gasteiger partial charge >= 0.3 is 0 Å². The standard InChI is InChI=1S/C28H29ClF2N4O4/c1-15(2)21(12-23(32-7)34-9-8-16(3)24(26(34)36)28(5,6)38)35-17(4)10-22(25(29)27(35)37)39-14-20-19(31)11-18(30)13-33-20/h8-13,38H,1,14H2,2-7H3/b21-12+,32-23+. The summed E-state index contributed by atoms with van der Waals surface area (Å²) in [7, 11) is 1.49. The minimum Gasteiger partial charge on any atom is -0.485 e. The number of aryl methyl sites for hydroxylation is 2. The first-order chi connectivity index (χ1) is 18.2. The maximum absolute atomic E-state index is 14.0. The van der Waals surface area contributed by atoms with Crippen LogP contribution in [0, 0.1) is 25.5 Å². The van der Waals surface area contributed by atoms with Gasteiger partial charge in [0.2, 0.25) is 0 Å². The molecule has 206 valence electrons. The molecule has 0 atom stereocenters. The molecule has 3 rings (SSSR count). The zero-order valence-electron chi connectivity index (χ0n) is 22.5. The van der Waals surface area contributed by atoms with E-state index in [9.17, 15) is 23.5 Å². The van der Waals surface area contributed by atoms with Crippen LogP contribution in [0.25, 0.3) is 5.70 Å². The maximum atomic E-state index is 14.0. The van der Waals surface area contributed by atoms with E-state index in [1.165, 1.54) is 48.4 Å². The number of hydrogen-bond acceptors (Lipinski definition) is 6. The van der Waals surface area contributed by atoms with E-state index in [1.807, 2.05) is 0 Å². The van der Waals surface area contributed by atoms with Crippen molar-refractivity contribution in [2.75, 3.05) is 7.05 Å². The first-order valence-corrected chi connectivity index (χ1v) is 12.2. The van der Waals surface area contributed by atoms with Crippen LogP contribution >= 0.6 is 11.6 Å². The molecule has 11 heteroatoms. The van der Waals surface area contributed by atoms with Gasteiger partial charge in [0.15, 0.2) is 5.82 Å². The molecule has 1 N–H and O–H groups in total. The van der Waals surface area contributed by atoms with Gasteiger partial charge in [-0.1, -0.05) is 18.2 Å². The summed E-state index contributed by atoms with van der Waals surface area (Å²) in [5.41, 5.74) is -0.686. The Balaban J connectivity index is 2.10. The molecule has 0 aliphatic carbocycles. The lowest BCUT2D eigenvalue weighted by Gasteiger charge is -2.21. The number of ether oxygens (including phenoxy) is 1. The predicted molar refractivity (Wildman–Crippen MR) is 147 cm³/mol. The highest BCUT2D eigenvalue weighted by atomic mass is 35.5. The van der Waals surface area contributed by atoms with E-state index in [-0.39, 0.29) is 34.5 Å². The summed E-state index contributed by atoms with van der Waals surface area (Å²) >= 11 is 6.35. The smallest absolute Gasteiger partial charge is 0.277 e. The van der Waals surface area contributed by atoms with E-state index in [2.05, 4.69) is 16.6 Å². The average Bonchev–Trinajstić information content (AvgIpc) is 2.83. The quantitative estimate of drug-likeness (QED) is 0.256. The van der Waals surface area contributed by atoms with Gasteiger partial charge < -0.3 is 9.84 Å². The van der Waals surface area contributed by atoms with Crippen molar-refractivity contribution in [1.29, 1.82) is 0 Å². The molecule has 0 amide bonds. The van der Waals surface area contributed by atoms with Gasteiger partial charge in [0.05, 0.1) is 23.1 Å². The van der Waals surface area contributed by atoms with Crippen molar-refractivity contribution in [2.24, 2.45) is 4.99 Å². The number of aliphatic imine (C=N–C) groups is 1. The molecule has 0 unspecified atom stereocenters. The van der Waals surface area contributed by atoms with Crippen LogP contribution in [-0.4, -0.2) is 32.1 Å². The van der Waals surface area contributed by atoms with Crippen molar-refractivity contribution in [3.63, 3.8) is 0 Å². The van der Waals surface area contributed by atoms with Crippen LogP contribution < -0.4 is 15.9 Å². The molecule has 8 nitrogen and oxygen atoms in total. The Hall–Kier alpha value is -3.89. The highest BCUT2D eigenvalue weighted by molar-refractivity contribution is 6.31. The van der Waals surface area contributed by atoms with Crippen LogP contribution in [0.5, 0.6) is 5.75 Å². The van der Waals surface area contributed by atoms with Crippen LogP contribution in [0.15, 0.2) is 63.4 Å². The fourth-order valence-corrected chi connectivity index (χ4v) is 4.27. The van der Waals surface area contributed by atoms with Crippen molar-refractivity contribution < 1.29 is 18.6 Å². The third-order valence-electron chi connectivity index (χ3n) is 5.88. The summed E-state index contributed by atoms with van der Waals surface area (Å²) in [6, 6.07) is 3.85. The lowest BCUT2D eigenvalue weighted by atomic mass is 9.95. The lowest BCUT2D eigenvalue weighted by molar-refractivity contribution is 0.0761. The second-order valence-electron chi connectivity index (χ2n) is 9.47. The van der Waals surface area contributed by atoms with Crippen molar-refractivity contribution in [1.82, 2.24) is 14.1 Å². The van der Waals surface area contributed by atoms with Crippen LogP contribution in [-0.2, 0) is 12.2 Å². The van der Waals surface area contributed by atoms with Crippen LogP contribution in [0.1, 0.15) is 43.3 Å². The Bertz CT molecular complexity index is 1630. The van der Waals surface area contributed by atoms with Crippen molar-refractivity contribution in [3.05, 3.63) is 109 Å². The molecule has 0 radical (unpaired) electrons. The van der Waals surface area contributed by atoms with E-state index < -0.39 is 28.4 Å². The number of hydrogen-bond donors (Lipinski definition) is 1. The first kappa shape index (κ1) is 29.7. The molecule has 0 aliphatic rings. The number of pyridine rings is 3. The molecule has 39 heavy (non-hydrogen) atoms. The van der Waals surface area contributed by atoms with Gasteiger partial charge in [-0.2, -0.15) is 0 Å². The number of halogens is 3. The molecule has 3 aromatic rings. The van der Waals surface area contributed by atoms with Crippen LogP contribution in [0.4, 0.5) is 8.78 Å². The lowest BCUT2D eigenvalue weighted by Crippen LogP contribution is -2.36. The summed E-state index contributed by atoms with van der Waals surface area (Å²) < 4.78 is 35.2. The number of rotatable bonds is 7. The number of allylic oxidation sites excluding steroid dienone is 3. The topological polar surface area (TPSA) is 98.7 Å². The van der Waals surface area contributed by atoms with Gasteiger partial charge in [-0.3, -0.25) is 28.7 Å². The second kappa shape index (κ2) is 11.5. The van der Waals surface area contributed by atoms with Crippen molar-refractivity contribution >= 4 is 23.1 Å². The Morgan fingerprint density at radius 3 is 2.49 bits per heavy atom. The fraction of sp³-hybridized carbons (Fsp3) is 0.286. The van der Waals surface area contributed by atoms with E-state index in [1.54, 1.807) is 26.8 Å². The molecule has 0 spiro atoms. The van der Waals surface area contributed by atoms with E-state index >= 15 is 0 Å². The molecular weight excluding hydrogens is 530 g/mol. The SMILES string of the molecule is C=C(C)/C(=C\C(=N/C)n1ccc(C)c(C(C)(C)O)c1=O)n1c(C)cc(OCc2ncc(F)cc2F)c(Cl)c1=O. The summed E-state index contributed by atoms with van der Waals surface area (Å²) in [5, 5.41) is 10.3. The maximum Gasteiger partial charge on any atom is 0.277 e. The normalized spacial score (nSPS) is 12.6. The highest BCUT2D eigenvalue weighted by Gasteiger charge is 2.25. The van der Waals surface area contributed by atoms with Gasteiger partial charge in [-0.15, -0.1) is 0 Å². The molecular formula is C28H29ClF2N4O4. The van der Waals surface area contributed by atoms with Crippen molar-refractivity contribution in [3.8, 4) is 5.75 Å². The Labute approximate surface area is 229 Å². The Kier molecular flexibility index (Phi) is 8.72. The molecule has 0 saturated heterocycles. The number of nitrogens with zero attached hydrogens (tertiary/aromatic N) is 4. The third kappa shape index (κ3) is 6.23. The minimum absolute atomic E-state index is 0.0176. The minimum atomic E-state index is -1.40. The molecule has 0 aliphatic heterocycles. The predicted octanol–water partition coefficient (Wildman–Crippen LogP) is 4.75. The monoisotopic (exact) mass is 558 g/mol. The molecule has 0 fully saturated rings. The van der Waals surface area contributed by atoms with Gasteiger partial charge in [0.25, 0.3) is 11.1 Å². The van der Waals surface area contributed by atoms with Crippen molar-refractivity contribution in [2.45, 2.75) is 46.8 Å².